The van der Waals surface area contributed by atoms with Crippen LogP contribution in [-0.2, 0) is 9.59 Å². The molecular formula is C19H24F3NO3. The molecule has 2 rings (SSSR count). The molecule has 4 nitrogen and oxygen atoms in total. The molecule has 1 aromatic carbocycles. The number of hydrogen-bond acceptors (Lipinski definition) is 2. The summed E-state index contributed by atoms with van der Waals surface area (Å²) in [7, 11) is 0. The third-order valence-corrected chi connectivity index (χ3v) is 5.06. The van der Waals surface area contributed by atoms with Gasteiger partial charge in [-0.2, -0.15) is 13.2 Å². The molecule has 1 aliphatic rings. The Labute approximate surface area is 151 Å². The first-order valence-electron chi connectivity index (χ1n) is 8.67. The highest BCUT2D eigenvalue weighted by atomic mass is 19.4. The van der Waals surface area contributed by atoms with Crippen LogP contribution in [0.25, 0.3) is 0 Å². The van der Waals surface area contributed by atoms with Crippen molar-refractivity contribution in [3.8, 4) is 0 Å². The lowest BCUT2D eigenvalue weighted by molar-refractivity contribution is -0.188. The van der Waals surface area contributed by atoms with Crippen LogP contribution in [0.4, 0.5) is 13.2 Å². The number of benzene rings is 1. The zero-order valence-electron chi connectivity index (χ0n) is 15.1. The zero-order chi connectivity index (χ0) is 19.6. The van der Waals surface area contributed by atoms with Gasteiger partial charge in [-0.05, 0) is 23.0 Å². The fraction of sp³-hybridized carbons (Fsp3) is 0.579. The minimum absolute atomic E-state index is 0.0535. The number of likely N-dealkylation sites (tertiary alicyclic amines) is 1. The fourth-order valence-corrected chi connectivity index (χ4v) is 3.31. The van der Waals surface area contributed by atoms with Crippen LogP contribution < -0.4 is 0 Å². The number of carboxylic acid groups (broad SMARTS) is 1. The number of amides is 1. The van der Waals surface area contributed by atoms with Gasteiger partial charge in [0.2, 0.25) is 5.91 Å². The van der Waals surface area contributed by atoms with Crippen LogP contribution in [0.2, 0.25) is 0 Å². The van der Waals surface area contributed by atoms with Gasteiger partial charge in [0, 0.05) is 19.5 Å². The summed E-state index contributed by atoms with van der Waals surface area (Å²) in [4.78, 5) is 24.6. The summed E-state index contributed by atoms with van der Waals surface area (Å²) in [5.74, 6) is -5.33. The highest BCUT2D eigenvalue weighted by Crippen LogP contribution is 2.38. The molecule has 0 aromatic heterocycles. The van der Waals surface area contributed by atoms with Crippen LogP contribution in [0.5, 0.6) is 0 Å². The highest BCUT2D eigenvalue weighted by Gasteiger charge is 2.53. The van der Waals surface area contributed by atoms with Crippen LogP contribution in [-0.4, -0.2) is 41.1 Å². The molecule has 0 saturated carbocycles. The minimum atomic E-state index is -4.63. The molecule has 1 amide bonds. The van der Waals surface area contributed by atoms with Gasteiger partial charge in [-0.1, -0.05) is 45.0 Å². The van der Waals surface area contributed by atoms with Crippen molar-refractivity contribution in [3.05, 3.63) is 35.4 Å². The Morgan fingerprint density at radius 3 is 2.08 bits per heavy atom. The van der Waals surface area contributed by atoms with E-state index in [-0.39, 0.29) is 12.3 Å². The monoisotopic (exact) mass is 371 g/mol. The molecule has 1 unspecified atom stereocenters. The van der Waals surface area contributed by atoms with Gasteiger partial charge in [0.25, 0.3) is 0 Å². The summed E-state index contributed by atoms with van der Waals surface area (Å²) in [5, 5.41) is 9.04. The van der Waals surface area contributed by atoms with E-state index in [4.69, 9.17) is 5.11 Å². The molecule has 1 N–H and O–H groups in total. The average molecular weight is 371 g/mol. The Morgan fingerprint density at radius 2 is 1.65 bits per heavy atom. The Hall–Kier alpha value is -2.05. The van der Waals surface area contributed by atoms with E-state index in [1.165, 1.54) is 5.56 Å². The third kappa shape index (κ3) is 4.56. The van der Waals surface area contributed by atoms with E-state index in [0.717, 1.165) is 10.5 Å². The number of aliphatic carboxylic acids is 1. The van der Waals surface area contributed by atoms with Crippen molar-refractivity contribution in [2.75, 3.05) is 13.1 Å². The number of halogens is 3. The quantitative estimate of drug-likeness (QED) is 0.850. The molecule has 0 aliphatic carbocycles. The molecule has 3 atom stereocenters. The first kappa shape index (κ1) is 20.3. The van der Waals surface area contributed by atoms with Crippen molar-refractivity contribution in [1.82, 2.24) is 4.90 Å². The molecule has 1 saturated heterocycles. The van der Waals surface area contributed by atoms with Gasteiger partial charge in [-0.25, -0.2) is 0 Å². The normalized spacial score (nSPS) is 21.9. The Balaban J connectivity index is 2.04. The maximum Gasteiger partial charge on any atom is 0.394 e. The molecule has 1 aliphatic heterocycles. The molecule has 0 radical (unpaired) electrons. The van der Waals surface area contributed by atoms with Gasteiger partial charge >= 0.3 is 12.1 Å². The predicted molar refractivity (Wildman–Crippen MR) is 90.8 cm³/mol. The van der Waals surface area contributed by atoms with E-state index < -0.39 is 43.0 Å². The van der Waals surface area contributed by atoms with Crippen molar-refractivity contribution >= 4 is 11.9 Å². The fourth-order valence-electron chi connectivity index (χ4n) is 3.31. The minimum Gasteiger partial charge on any atom is -0.481 e. The molecule has 0 spiro atoms. The van der Waals surface area contributed by atoms with Gasteiger partial charge in [-0.15, -0.1) is 0 Å². The molecule has 0 bridgehead atoms. The van der Waals surface area contributed by atoms with E-state index in [1.807, 2.05) is 31.2 Å². The second-order valence-corrected chi connectivity index (χ2v) is 7.32. The van der Waals surface area contributed by atoms with Crippen molar-refractivity contribution < 1.29 is 27.9 Å². The van der Waals surface area contributed by atoms with E-state index in [9.17, 15) is 22.8 Å². The van der Waals surface area contributed by atoms with Crippen LogP contribution in [0, 0.1) is 11.8 Å². The smallest absolute Gasteiger partial charge is 0.394 e. The Bertz CT molecular complexity index is 655. The first-order chi connectivity index (χ1) is 12.0. The zero-order valence-corrected chi connectivity index (χ0v) is 15.1. The van der Waals surface area contributed by atoms with Crippen molar-refractivity contribution in [2.24, 2.45) is 11.8 Å². The van der Waals surface area contributed by atoms with Crippen LogP contribution in [0.1, 0.15) is 50.2 Å². The Morgan fingerprint density at radius 1 is 1.12 bits per heavy atom. The average Bonchev–Trinajstić information content (AvgIpc) is 3.01. The number of hydrogen-bond donors (Lipinski definition) is 1. The standard InChI is InChI=1S/C19H24F3NO3/c1-11(2)13-4-6-14(7-5-13)12(3)8-17(24)23-9-15(18(25)26)16(10-23)19(20,21)22/h4-7,11-12,15-16H,8-10H2,1-3H3,(H,25,26)/t12?,15-,16-/m1/s1. The lowest BCUT2D eigenvalue weighted by Crippen LogP contribution is -2.34. The molecule has 7 heteroatoms. The molecule has 26 heavy (non-hydrogen) atoms. The number of nitrogens with zero attached hydrogens (tertiary/aromatic N) is 1. The Kier molecular flexibility index (Phi) is 5.98. The summed E-state index contributed by atoms with van der Waals surface area (Å²) in [6.45, 7) is 5.01. The lowest BCUT2D eigenvalue weighted by Gasteiger charge is -2.20. The van der Waals surface area contributed by atoms with E-state index in [2.05, 4.69) is 13.8 Å². The van der Waals surface area contributed by atoms with E-state index >= 15 is 0 Å². The van der Waals surface area contributed by atoms with Gasteiger partial charge in [0.15, 0.2) is 0 Å². The van der Waals surface area contributed by atoms with E-state index in [1.54, 1.807) is 0 Å². The molecule has 144 valence electrons. The molecule has 1 heterocycles. The third-order valence-electron chi connectivity index (χ3n) is 5.06. The number of rotatable bonds is 5. The van der Waals surface area contributed by atoms with Gasteiger partial charge < -0.3 is 10.0 Å². The molecule has 1 aromatic rings. The second-order valence-electron chi connectivity index (χ2n) is 7.32. The van der Waals surface area contributed by atoms with Crippen LogP contribution >= 0.6 is 0 Å². The van der Waals surface area contributed by atoms with Crippen molar-refractivity contribution in [2.45, 2.75) is 45.2 Å². The summed E-state index contributed by atoms with van der Waals surface area (Å²) in [5.41, 5.74) is 2.10. The second kappa shape index (κ2) is 7.68. The topological polar surface area (TPSA) is 57.6 Å². The largest absolute Gasteiger partial charge is 0.481 e. The summed E-state index contributed by atoms with van der Waals surface area (Å²) in [6.07, 6.45) is -4.58. The van der Waals surface area contributed by atoms with E-state index in [0.29, 0.717) is 5.92 Å². The highest BCUT2D eigenvalue weighted by molar-refractivity contribution is 5.79. The van der Waals surface area contributed by atoms with Crippen molar-refractivity contribution in [1.29, 1.82) is 0 Å². The summed E-state index contributed by atoms with van der Waals surface area (Å²) < 4.78 is 39.1. The maximum absolute atomic E-state index is 13.0. The van der Waals surface area contributed by atoms with Crippen LogP contribution in [0.15, 0.2) is 24.3 Å². The predicted octanol–water partition coefficient (Wildman–Crippen LogP) is 4.03. The summed E-state index contributed by atoms with van der Waals surface area (Å²) in [6, 6.07) is 7.82. The number of alkyl halides is 3. The maximum atomic E-state index is 13.0. The van der Waals surface area contributed by atoms with Crippen LogP contribution in [0.3, 0.4) is 0 Å². The van der Waals surface area contributed by atoms with Gasteiger partial charge in [-0.3, -0.25) is 9.59 Å². The van der Waals surface area contributed by atoms with Crippen molar-refractivity contribution in [3.63, 3.8) is 0 Å². The SMILES string of the molecule is CC(C)c1ccc(C(C)CC(=O)N2C[C@@H](C(F)(F)F)[C@H](C(=O)O)C2)cc1. The number of carbonyl (C=O) groups excluding carboxylic acids is 1. The number of carboxylic acids is 1. The molecular weight excluding hydrogens is 347 g/mol. The summed E-state index contributed by atoms with van der Waals surface area (Å²) >= 11 is 0. The van der Waals surface area contributed by atoms with Gasteiger partial charge in [0.05, 0.1) is 11.8 Å². The lowest BCUT2D eigenvalue weighted by atomic mass is 9.94. The van der Waals surface area contributed by atoms with Gasteiger partial charge in [0.1, 0.15) is 0 Å². The molecule has 1 fully saturated rings. The first-order valence-corrected chi connectivity index (χ1v) is 8.67. The number of carbonyl (C=O) groups is 2.